The average Bonchev–Trinajstić information content (AvgIpc) is 2.97. The first-order chi connectivity index (χ1) is 8.04. The predicted octanol–water partition coefficient (Wildman–Crippen LogP) is 1.05. The van der Waals surface area contributed by atoms with Gasteiger partial charge in [0, 0.05) is 26.7 Å². The van der Waals surface area contributed by atoms with Crippen molar-refractivity contribution in [2.24, 2.45) is 10.9 Å². The Balaban J connectivity index is 0.00000289. The van der Waals surface area contributed by atoms with E-state index in [0.717, 1.165) is 18.9 Å². The molecule has 1 amide bonds. The van der Waals surface area contributed by atoms with Crippen molar-refractivity contribution in [1.29, 1.82) is 0 Å². The van der Waals surface area contributed by atoms with Crippen LogP contribution in [-0.4, -0.2) is 50.0 Å². The fourth-order valence-corrected chi connectivity index (χ4v) is 1.38. The minimum Gasteiger partial charge on any atom is -0.356 e. The summed E-state index contributed by atoms with van der Waals surface area (Å²) in [5, 5.41) is 6.56. The van der Waals surface area contributed by atoms with Gasteiger partial charge in [0.15, 0.2) is 5.96 Å². The summed E-state index contributed by atoms with van der Waals surface area (Å²) < 4.78 is 0. The van der Waals surface area contributed by atoms with Gasteiger partial charge < -0.3 is 15.5 Å². The monoisotopic (exact) mass is 368 g/mol. The first kappa shape index (κ1) is 17.5. The minimum absolute atomic E-state index is 0. The zero-order chi connectivity index (χ0) is 12.8. The second-order valence-corrected chi connectivity index (χ2v) is 4.84. The molecule has 1 aliphatic rings. The zero-order valence-electron chi connectivity index (χ0n) is 11.7. The maximum Gasteiger partial charge on any atom is 0.243 e. The SMILES string of the molecule is CCCNC(=NCC(=O)N(C)C)NC1CC1C.I. The number of carbonyl (C=O) groups excluding carboxylic acids is 1. The molecule has 106 valence electrons. The molecule has 1 saturated carbocycles. The highest BCUT2D eigenvalue weighted by molar-refractivity contribution is 14.0. The van der Waals surface area contributed by atoms with Gasteiger partial charge in [0.1, 0.15) is 6.54 Å². The van der Waals surface area contributed by atoms with E-state index in [1.165, 1.54) is 6.42 Å². The van der Waals surface area contributed by atoms with Crippen molar-refractivity contribution in [3.8, 4) is 0 Å². The summed E-state index contributed by atoms with van der Waals surface area (Å²) in [7, 11) is 3.49. The molecule has 2 N–H and O–H groups in total. The molecule has 1 rings (SSSR count). The molecule has 0 spiro atoms. The Morgan fingerprint density at radius 1 is 1.44 bits per heavy atom. The van der Waals surface area contributed by atoms with Gasteiger partial charge in [-0.2, -0.15) is 0 Å². The molecule has 0 heterocycles. The molecule has 1 aliphatic carbocycles. The maximum atomic E-state index is 11.5. The molecule has 0 aliphatic heterocycles. The molecule has 5 nitrogen and oxygen atoms in total. The fraction of sp³-hybridized carbons (Fsp3) is 0.833. The van der Waals surface area contributed by atoms with Crippen molar-refractivity contribution in [2.75, 3.05) is 27.2 Å². The number of hydrogen-bond acceptors (Lipinski definition) is 2. The van der Waals surface area contributed by atoms with E-state index in [1.807, 2.05) is 0 Å². The number of amides is 1. The van der Waals surface area contributed by atoms with Crippen LogP contribution in [0.4, 0.5) is 0 Å². The smallest absolute Gasteiger partial charge is 0.243 e. The Hall–Kier alpha value is -0.530. The van der Waals surface area contributed by atoms with E-state index in [0.29, 0.717) is 12.0 Å². The third kappa shape index (κ3) is 6.42. The van der Waals surface area contributed by atoms with E-state index in [9.17, 15) is 4.79 Å². The first-order valence-electron chi connectivity index (χ1n) is 6.29. The van der Waals surface area contributed by atoms with Gasteiger partial charge in [0.25, 0.3) is 0 Å². The van der Waals surface area contributed by atoms with E-state index in [1.54, 1.807) is 19.0 Å². The number of guanidine groups is 1. The molecule has 0 bridgehead atoms. The lowest BCUT2D eigenvalue weighted by Crippen LogP contribution is -2.40. The summed E-state index contributed by atoms with van der Waals surface area (Å²) in [6, 6.07) is 0.521. The molecule has 6 heteroatoms. The molecular weight excluding hydrogens is 343 g/mol. The summed E-state index contributed by atoms with van der Waals surface area (Å²) >= 11 is 0. The van der Waals surface area contributed by atoms with Crippen LogP contribution < -0.4 is 10.6 Å². The Kier molecular flexibility index (Phi) is 8.30. The number of likely N-dealkylation sites (N-methyl/N-ethyl adjacent to an activating group) is 1. The van der Waals surface area contributed by atoms with E-state index < -0.39 is 0 Å². The van der Waals surface area contributed by atoms with E-state index >= 15 is 0 Å². The summed E-state index contributed by atoms with van der Waals surface area (Å²) in [5.41, 5.74) is 0. The number of carbonyl (C=O) groups is 1. The van der Waals surface area contributed by atoms with Gasteiger partial charge >= 0.3 is 0 Å². The van der Waals surface area contributed by atoms with Crippen molar-refractivity contribution in [3.63, 3.8) is 0 Å². The Bertz CT molecular complexity index is 294. The van der Waals surface area contributed by atoms with Gasteiger partial charge in [-0.05, 0) is 18.8 Å². The van der Waals surface area contributed by atoms with Crippen LogP contribution in [0.25, 0.3) is 0 Å². The summed E-state index contributed by atoms with van der Waals surface area (Å²) in [6.45, 7) is 5.39. The number of halogens is 1. The quantitative estimate of drug-likeness (QED) is 0.433. The van der Waals surface area contributed by atoms with Crippen LogP contribution in [0.15, 0.2) is 4.99 Å². The average molecular weight is 368 g/mol. The molecule has 0 aromatic rings. The van der Waals surface area contributed by atoms with Gasteiger partial charge in [0.05, 0.1) is 0 Å². The normalized spacial score (nSPS) is 21.9. The molecule has 1 fully saturated rings. The van der Waals surface area contributed by atoms with Crippen LogP contribution in [0.1, 0.15) is 26.7 Å². The van der Waals surface area contributed by atoms with Crippen LogP contribution in [0.2, 0.25) is 0 Å². The second kappa shape index (κ2) is 8.55. The third-order valence-corrected chi connectivity index (χ3v) is 2.85. The molecule has 0 radical (unpaired) electrons. The molecule has 2 unspecified atom stereocenters. The first-order valence-corrected chi connectivity index (χ1v) is 6.29. The predicted molar refractivity (Wildman–Crippen MR) is 85.4 cm³/mol. The summed E-state index contributed by atoms with van der Waals surface area (Å²) in [6.07, 6.45) is 2.23. The minimum atomic E-state index is 0. The topological polar surface area (TPSA) is 56.7 Å². The van der Waals surface area contributed by atoms with Crippen molar-refractivity contribution >= 4 is 35.8 Å². The Morgan fingerprint density at radius 3 is 2.50 bits per heavy atom. The molecule has 0 aromatic carbocycles. The maximum absolute atomic E-state index is 11.5. The van der Waals surface area contributed by atoms with Crippen molar-refractivity contribution in [2.45, 2.75) is 32.7 Å². The fourth-order valence-electron chi connectivity index (χ4n) is 1.38. The highest BCUT2D eigenvalue weighted by Crippen LogP contribution is 2.28. The Morgan fingerprint density at radius 2 is 2.06 bits per heavy atom. The van der Waals surface area contributed by atoms with Crippen molar-refractivity contribution in [1.82, 2.24) is 15.5 Å². The van der Waals surface area contributed by atoms with Crippen LogP contribution in [0.5, 0.6) is 0 Å². The van der Waals surface area contributed by atoms with Crippen LogP contribution in [-0.2, 0) is 4.79 Å². The van der Waals surface area contributed by atoms with Crippen LogP contribution in [0.3, 0.4) is 0 Å². The summed E-state index contributed by atoms with van der Waals surface area (Å²) in [5.74, 6) is 1.50. The second-order valence-electron chi connectivity index (χ2n) is 4.84. The standard InChI is InChI=1S/C12H24N4O.HI/c1-5-6-13-12(15-10-7-9(10)2)14-8-11(17)16(3)4;/h9-10H,5-8H2,1-4H3,(H2,13,14,15);1H. The van der Waals surface area contributed by atoms with E-state index in [4.69, 9.17) is 0 Å². The third-order valence-electron chi connectivity index (χ3n) is 2.85. The lowest BCUT2D eigenvalue weighted by Gasteiger charge is -2.13. The van der Waals surface area contributed by atoms with Gasteiger partial charge in [-0.1, -0.05) is 13.8 Å². The summed E-state index contributed by atoms with van der Waals surface area (Å²) in [4.78, 5) is 17.3. The van der Waals surface area contributed by atoms with Crippen LogP contribution >= 0.6 is 24.0 Å². The molecule has 2 atom stereocenters. The number of nitrogens with zero attached hydrogens (tertiary/aromatic N) is 2. The van der Waals surface area contributed by atoms with E-state index in [2.05, 4.69) is 29.5 Å². The largest absolute Gasteiger partial charge is 0.356 e. The lowest BCUT2D eigenvalue weighted by atomic mass is 10.4. The molecular formula is C12H25IN4O. The number of hydrogen-bond donors (Lipinski definition) is 2. The van der Waals surface area contributed by atoms with Crippen molar-refractivity contribution < 1.29 is 4.79 Å². The Labute approximate surface area is 127 Å². The number of aliphatic imine (C=N–C) groups is 1. The van der Waals surface area contributed by atoms with Gasteiger partial charge in [-0.25, -0.2) is 4.99 Å². The van der Waals surface area contributed by atoms with Gasteiger partial charge in [-0.3, -0.25) is 4.79 Å². The molecule has 0 saturated heterocycles. The highest BCUT2D eigenvalue weighted by atomic mass is 127. The highest BCUT2D eigenvalue weighted by Gasteiger charge is 2.33. The van der Waals surface area contributed by atoms with Gasteiger partial charge in [0.2, 0.25) is 5.91 Å². The number of nitrogens with one attached hydrogen (secondary N) is 2. The molecule has 18 heavy (non-hydrogen) atoms. The van der Waals surface area contributed by atoms with E-state index in [-0.39, 0.29) is 36.4 Å². The van der Waals surface area contributed by atoms with Crippen molar-refractivity contribution in [3.05, 3.63) is 0 Å². The number of rotatable bonds is 5. The zero-order valence-corrected chi connectivity index (χ0v) is 14.0. The lowest BCUT2D eigenvalue weighted by molar-refractivity contribution is -0.127. The van der Waals surface area contributed by atoms with Crippen LogP contribution in [0, 0.1) is 5.92 Å². The van der Waals surface area contributed by atoms with Gasteiger partial charge in [-0.15, -0.1) is 24.0 Å². The molecule has 0 aromatic heterocycles.